The van der Waals surface area contributed by atoms with E-state index in [4.69, 9.17) is 0 Å². The van der Waals surface area contributed by atoms with Crippen molar-refractivity contribution >= 4 is 29.2 Å². The third kappa shape index (κ3) is 5.82. The molecule has 0 unspecified atom stereocenters. The largest absolute Gasteiger partial charge is 0.356 e. The molecule has 0 aromatic heterocycles. The summed E-state index contributed by atoms with van der Waals surface area (Å²) in [6.07, 6.45) is 3.58. The highest BCUT2D eigenvalue weighted by Gasteiger charge is 2.11. The first-order chi connectivity index (χ1) is 14.7. The van der Waals surface area contributed by atoms with Gasteiger partial charge in [0.2, 0.25) is 5.91 Å². The molecule has 0 heterocycles. The van der Waals surface area contributed by atoms with Gasteiger partial charge >= 0.3 is 0 Å². The summed E-state index contributed by atoms with van der Waals surface area (Å²) in [4.78, 5) is 12.6. The summed E-state index contributed by atoms with van der Waals surface area (Å²) in [5, 5.41) is 12.2. The van der Waals surface area contributed by atoms with Gasteiger partial charge in [-0.1, -0.05) is 55.1 Å². The van der Waals surface area contributed by atoms with Gasteiger partial charge in [-0.2, -0.15) is 5.10 Å². The molecule has 3 aromatic rings. The van der Waals surface area contributed by atoms with E-state index in [1.54, 1.807) is 17.4 Å². The molecule has 0 saturated heterocycles. The topological polar surface area (TPSA) is 56.7 Å². The summed E-state index contributed by atoms with van der Waals surface area (Å²) in [6.45, 7) is 6.01. The van der Waals surface area contributed by atoms with Crippen LogP contribution in [-0.2, 0) is 4.79 Å². The Kier molecular flexibility index (Phi) is 7.39. The van der Waals surface area contributed by atoms with E-state index in [0.29, 0.717) is 13.0 Å². The lowest BCUT2D eigenvalue weighted by atomic mass is 10.0. The highest BCUT2D eigenvalue weighted by molar-refractivity contribution is 5.96. The van der Waals surface area contributed by atoms with Gasteiger partial charge in [0.05, 0.1) is 0 Å². The van der Waals surface area contributed by atoms with E-state index in [0.717, 1.165) is 28.2 Å². The molecular weight excluding hydrogens is 372 g/mol. The van der Waals surface area contributed by atoms with Crippen molar-refractivity contribution < 1.29 is 4.79 Å². The second-order valence-electron chi connectivity index (χ2n) is 6.63. The summed E-state index contributed by atoms with van der Waals surface area (Å²) in [7, 11) is 0. The van der Waals surface area contributed by atoms with Crippen LogP contribution in [0.4, 0.5) is 17.1 Å². The smallest absolute Gasteiger partial charge is 0.226 e. The van der Waals surface area contributed by atoms with Gasteiger partial charge in [0.25, 0.3) is 0 Å². The number of hydrazone groups is 1. The molecule has 152 valence electrons. The number of carbonyl (C=O) groups is 1. The molecule has 0 aliphatic heterocycles. The Labute approximate surface area is 177 Å². The summed E-state index contributed by atoms with van der Waals surface area (Å²) < 4.78 is 0. The lowest BCUT2D eigenvalue weighted by Gasteiger charge is -2.16. The van der Waals surface area contributed by atoms with E-state index in [2.05, 4.69) is 28.4 Å². The van der Waals surface area contributed by atoms with Crippen molar-refractivity contribution in [1.29, 1.82) is 0 Å². The molecule has 30 heavy (non-hydrogen) atoms. The van der Waals surface area contributed by atoms with Gasteiger partial charge in [-0.15, -0.1) is 0 Å². The zero-order chi connectivity index (χ0) is 21.2. The number of amides is 1. The normalized spacial score (nSPS) is 10.6. The summed E-state index contributed by atoms with van der Waals surface area (Å²) in [5.41, 5.74) is 4.72. The van der Waals surface area contributed by atoms with E-state index < -0.39 is 0 Å². The molecule has 0 bridgehead atoms. The fourth-order valence-electron chi connectivity index (χ4n) is 3.05. The van der Waals surface area contributed by atoms with E-state index in [1.807, 2.05) is 79.7 Å². The van der Waals surface area contributed by atoms with Crippen LogP contribution < -0.4 is 10.6 Å². The lowest BCUT2D eigenvalue weighted by Crippen LogP contribution is -2.20. The Hall–Kier alpha value is -3.86. The maximum Gasteiger partial charge on any atom is 0.226 e. The van der Waals surface area contributed by atoms with Gasteiger partial charge in [-0.3, -0.25) is 9.80 Å². The zero-order valence-electron chi connectivity index (χ0n) is 17.1. The molecule has 2 N–H and O–H groups in total. The van der Waals surface area contributed by atoms with Crippen molar-refractivity contribution in [2.75, 3.05) is 17.2 Å². The van der Waals surface area contributed by atoms with Gasteiger partial charge < -0.3 is 10.6 Å². The van der Waals surface area contributed by atoms with E-state index in [9.17, 15) is 4.79 Å². The third-order valence-corrected chi connectivity index (χ3v) is 4.48. The first-order valence-corrected chi connectivity index (χ1v) is 9.89. The summed E-state index contributed by atoms with van der Waals surface area (Å²) in [6, 6.07) is 26.0. The quantitative estimate of drug-likeness (QED) is 0.350. The van der Waals surface area contributed by atoms with Crippen molar-refractivity contribution in [3.63, 3.8) is 0 Å². The maximum atomic E-state index is 12.6. The minimum atomic E-state index is -0.0749. The molecule has 0 saturated carbocycles. The van der Waals surface area contributed by atoms with Crippen LogP contribution in [0.2, 0.25) is 0 Å². The fourth-order valence-corrected chi connectivity index (χ4v) is 3.05. The van der Waals surface area contributed by atoms with Gasteiger partial charge in [0, 0.05) is 48.0 Å². The van der Waals surface area contributed by atoms with Gasteiger partial charge in [0.15, 0.2) is 0 Å². The van der Waals surface area contributed by atoms with Crippen LogP contribution in [0.5, 0.6) is 0 Å². The Morgan fingerprint density at radius 3 is 2.37 bits per heavy atom. The number of anilines is 3. The Balaban J connectivity index is 1.81. The van der Waals surface area contributed by atoms with Crippen LogP contribution in [0.3, 0.4) is 0 Å². The molecule has 1 amide bonds. The molecule has 0 fully saturated rings. The van der Waals surface area contributed by atoms with E-state index >= 15 is 0 Å². The molecule has 3 rings (SSSR count). The molecule has 0 radical (unpaired) electrons. The third-order valence-electron chi connectivity index (χ3n) is 4.48. The van der Waals surface area contributed by atoms with Crippen molar-refractivity contribution in [2.45, 2.75) is 13.3 Å². The Morgan fingerprint density at radius 2 is 1.70 bits per heavy atom. The molecular formula is C25H26N4O. The number of carbonyl (C=O) groups excluding carboxylic acids is 1. The van der Waals surface area contributed by atoms with Gasteiger partial charge in [-0.25, -0.2) is 0 Å². The first-order valence-electron chi connectivity index (χ1n) is 9.89. The maximum absolute atomic E-state index is 12.6. The molecule has 0 spiro atoms. The number of rotatable bonds is 9. The first kappa shape index (κ1) is 20.9. The predicted molar refractivity (Wildman–Crippen MR) is 126 cm³/mol. The fraction of sp³-hybridized carbons (Fsp3) is 0.120. The Morgan fingerprint density at radius 1 is 1.00 bits per heavy atom. The second kappa shape index (κ2) is 10.6. The SMILES string of the molecule is C=CN(CCC(=O)Nc1ccc(Nc2ccccc2)cc1-c1ccccc1)/N=C\C. The van der Waals surface area contributed by atoms with Crippen LogP contribution >= 0.6 is 0 Å². The van der Waals surface area contributed by atoms with E-state index in [1.165, 1.54) is 0 Å². The average Bonchev–Trinajstić information content (AvgIpc) is 2.79. The Bertz CT molecular complexity index is 1000. The van der Waals surface area contributed by atoms with Gasteiger partial charge in [0.1, 0.15) is 0 Å². The molecule has 0 aliphatic carbocycles. The monoisotopic (exact) mass is 398 g/mol. The standard InChI is InChI=1S/C25H26N4O/c1-3-26-29(4-2)18-17-25(30)28-24-16-15-22(27-21-13-9-6-10-14-21)19-23(24)20-11-7-5-8-12-20/h3-16,19,27H,2,17-18H2,1H3,(H,28,30)/b26-3-. The molecule has 0 atom stereocenters. The van der Waals surface area contributed by atoms with Crippen LogP contribution in [0.15, 0.2) is 96.7 Å². The highest BCUT2D eigenvalue weighted by atomic mass is 16.1. The van der Waals surface area contributed by atoms with Crippen molar-refractivity contribution in [3.05, 3.63) is 91.6 Å². The molecule has 3 aromatic carbocycles. The second-order valence-corrected chi connectivity index (χ2v) is 6.63. The number of hydrogen-bond donors (Lipinski definition) is 2. The minimum Gasteiger partial charge on any atom is -0.356 e. The number of nitrogens with one attached hydrogen (secondary N) is 2. The van der Waals surface area contributed by atoms with Crippen molar-refractivity contribution in [1.82, 2.24) is 5.01 Å². The number of benzene rings is 3. The average molecular weight is 399 g/mol. The van der Waals surface area contributed by atoms with Crippen molar-refractivity contribution in [3.8, 4) is 11.1 Å². The zero-order valence-corrected chi connectivity index (χ0v) is 17.1. The summed E-state index contributed by atoms with van der Waals surface area (Å²) in [5.74, 6) is -0.0749. The number of hydrogen-bond acceptors (Lipinski definition) is 4. The predicted octanol–water partition coefficient (Wildman–Crippen LogP) is 5.88. The highest BCUT2D eigenvalue weighted by Crippen LogP contribution is 2.32. The van der Waals surface area contributed by atoms with Gasteiger partial charge in [-0.05, 0) is 42.8 Å². The van der Waals surface area contributed by atoms with Crippen LogP contribution in [0.1, 0.15) is 13.3 Å². The number of para-hydroxylation sites is 1. The molecule has 0 aliphatic rings. The summed E-state index contributed by atoms with van der Waals surface area (Å²) >= 11 is 0. The molecule has 5 heteroatoms. The molecule has 5 nitrogen and oxygen atoms in total. The minimum absolute atomic E-state index is 0.0749. The van der Waals surface area contributed by atoms with Crippen molar-refractivity contribution in [2.24, 2.45) is 5.10 Å². The van der Waals surface area contributed by atoms with Crippen LogP contribution in [-0.4, -0.2) is 23.7 Å². The number of nitrogens with zero attached hydrogens (tertiary/aromatic N) is 2. The van der Waals surface area contributed by atoms with Crippen LogP contribution in [0.25, 0.3) is 11.1 Å². The van der Waals surface area contributed by atoms with Crippen LogP contribution in [0, 0.1) is 0 Å². The lowest BCUT2D eigenvalue weighted by molar-refractivity contribution is -0.116. The van der Waals surface area contributed by atoms with E-state index in [-0.39, 0.29) is 5.91 Å².